The van der Waals surface area contributed by atoms with Crippen molar-refractivity contribution >= 4 is 50.5 Å². The molecular formula is C42H45N4O3+. The van der Waals surface area contributed by atoms with Gasteiger partial charge in [0.05, 0.1) is 24.9 Å². The Kier molecular flexibility index (Phi) is 8.90. The number of allylic oxidation sites excluding steroid dienone is 8. The van der Waals surface area contributed by atoms with Gasteiger partial charge < -0.3 is 21.1 Å². The van der Waals surface area contributed by atoms with E-state index in [0.29, 0.717) is 6.42 Å². The van der Waals surface area contributed by atoms with Crippen LogP contribution in [0.2, 0.25) is 0 Å². The minimum Gasteiger partial charge on any atom is -0.481 e. The lowest BCUT2D eigenvalue weighted by molar-refractivity contribution is -0.401. The highest BCUT2D eigenvalue weighted by atomic mass is 16.4. The first-order valence-electron chi connectivity index (χ1n) is 16.7. The summed E-state index contributed by atoms with van der Waals surface area (Å²) >= 11 is 0. The Labute approximate surface area is 288 Å². The number of fused-ring (bicyclic) bond motifs is 6. The molecule has 49 heavy (non-hydrogen) atoms. The van der Waals surface area contributed by atoms with Crippen LogP contribution in [0.15, 0.2) is 109 Å². The van der Waals surface area contributed by atoms with Gasteiger partial charge in [-0.1, -0.05) is 86.7 Å². The first-order valence-corrected chi connectivity index (χ1v) is 16.7. The third kappa shape index (κ3) is 6.11. The average molecular weight is 654 g/mol. The topological polar surface area (TPSA) is 98.7 Å². The van der Waals surface area contributed by atoms with E-state index in [4.69, 9.17) is 5.73 Å². The number of aliphatic carboxylic acids is 1. The first kappa shape index (κ1) is 33.6. The molecule has 0 unspecified atom stereocenters. The minimum atomic E-state index is -0.825. The summed E-state index contributed by atoms with van der Waals surface area (Å²) in [5.74, 6) is -0.904. The van der Waals surface area contributed by atoms with Crippen molar-refractivity contribution in [3.63, 3.8) is 0 Å². The van der Waals surface area contributed by atoms with E-state index in [0.717, 1.165) is 38.4 Å². The predicted molar refractivity (Wildman–Crippen MR) is 201 cm³/mol. The molecule has 2 heterocycles. The van der Waals surface area contributed by atoms with Gasteiger partial charge in [0, 0.05) is 41.6 Å². The van der Waals surface area contributed by atoms with E-state index in [9.17, 15) is 14.7 Å². The highest BCUT2D eigenvalue weighted by Crippen LogP contribution is 2.50. The summed E-state index contributed by atoms with van der Waals surface area (Å²) in [6.45, 7) is 9.11. The van der Waals surface area contributed by atoms with Gasteiger partial charge in [0.2, 0.25) is 11.6 Å². The molecule has 0 aromatic heterocycles. The second-order valence-electron chi connectivity index (χ2n) is 14.0. The molecule has 0 spiro atoms. The number of hydrogen-bond acceptors (Lipinski definition) is 4. The Morgan fingerprint density at radius 3 is 2.08 bits per heavy atom. The number of likely N-dealkylation sites (N-methyl/N-ethyl adjacent to an activating group) is 1. The zero-order valence-electron chi connectivity index (χ0n) is 29.2. The van der Waals surface area contributed by atoms with E-state index < -0.39 is 5.97 Å². The number of carboxylic acid groups (broad SMARTS) is 1. The van der Waals surface area contributed by atoms with Crippen molar-refractivity contribution in [2.75, 3.05) is 25.7 Å². The lowest BCUT2D eigenvalue weighted by Crippen LogP contribution is -2.30. The van der Waals surface area contributed by atoms with Crippen molar-refractivity contribution in [1.82, 2.24) is 5.32 Å². The molecule has 6 rings (SSSR count). The molecule has 0 bridgehead atoms. The molecule has 0 fully saturated rings. The summed E-state index contributed by atoms with van der Waals surface area (Å²) < 4.78 is 2.26. The third-order valence-corrected chi connectivity index (χ3v) is 10.1. The molecule has 0 saturated carbocycles. The highest BCUT2D eigenvalue weighted by molar-refractivity contribution is 6.08. The Balaban J connectivity index is 1.20. The number of anilines is 1. The van der Waals surface area contributed by atoms with Crippen LogP contribution in [0.25, 0.3) is 21.5 Å². The zero-order chi connectivity index (χ0) is 35.1. The van der Waals surface area contributed by atoms with Gasteiger partial charge in [-0.25, -0.2) is 0 Å². The van der Waals surface area contributed by atoms with Crippen molar-refractivity contribution in [2.24, 2.45) is 5.73 Å². The summed E-state index contributed by atoms with van der Waals surface area (Å²) in [4.78, 5) is 25.8. The largest absolute Gasteiger partial charge is 0.481 e. The third-order valence-electron chi connectivity index (χ3n) is 10.1. The Morgan fingerprint density at radius 1 is 0.816 bits per heavy atom. The maximum atomic E-state index is 12.2. The lowest BCUT2D eigenvalue weighted by atomic mass is 9.78. The Bertz CT molecular complexity index is 2160. The second-order valence-corrected chi connectivity index (χ2v) is 14.0. The smallest absolute Gasteiger partial charge is 0.307 e. The van der Waals surface area contributed by atoms with Crippen LogP contribution in [-0.2, 0) is 33.3 Å². The molecule has 250 valence electrons. The SMILES string of the molecule is CN1/C(=C/C=C/C=C/C=C/C2=[N+](C)c3ccc4ccc(CC(=O)NCN)cc4c3C2(C)C)C(C)(C)c2c1ccc1ccc(CC(=O)O)cc21. The quantitative estimate of drug-likeness (QED) is 0.101. The first-order chi connectivity index (χ1) is 23.3. The number of amides is 1. The monoisotopic (exact) mass is 653 g/mol. The number of nitrogens with zero attached hydrogens (tertiary/aromatic N) is 2. The number of hydrogen-bond donors (Lipinski definition) is 3. The van der Waals surface area contributed by atoms with Crippen LogP contribution in [0, 0.1) is 0 Å². The number of carbonyl (C=O) groups is 2. The molecule has 0 saturated heterocycles. The van der Waals surface area contributed by atoms with Crippen LogP contribution in [-0.4, -0.2) is 48.0 Å². The maximum absolute atomic E-state index is 12.2. The van der Waals surface area contributed by atoms with Crippen LogP contribution < -0.4 is 16.0 Å². The molecule has 1 amide bonds. The van der Waals surface area contributed by atoms with E-state index in [2.05, 4.69) is 123 Å². The van der Waals surface area contributed by atoms with Crippen LogP contribution in [0.3, 0.4) is 0 Å². The van der Waals surface area contributed by atoms with Gasteiger partial charge in [-0.3, -0.25) is 9.59 Å². The number of benzene rings is 4. The van der Waals surface area contributed by atoms with Crippen LogP contribution in [0.1, 0.15) is 49.9 Å². The van der Waals surface area contributed by atoms with Crippen LogP contribution in [0.4, 0.5) is 11.4 Å². The summed E-state index contributed by atoms with van der Waals surface area (Å²) in [7, 11) is 4.21. The number of nitrogens with one attached hydrogen (secondary N) is 1. The number of carbonyl (C=O) groups excluding carboxylic acids is 1. The van der Waals surface area contributed by atoms with Gasteiger partial charge >= 0.3 is 5.97 Å². The van der Waals surface area contributed by atoms with Crippen LogP contribution in [0.5, 0.6) is 0 Å². The van der Waals surface area contributed by atoms with Gasteiger partial charge in [0.25, 0.3) is 0 Å². The molecule has 7 heteroatoms. The molecule has 7 nitrogen and oxygen atoms in total. The van der Waals surface area contributed by atoms with Crippen molar-refractivity contribution in [3.05, 3.63) is 131 Å². The van der Waals surface area contributed by atoms with Crippen molar-refractivity contribution < 1.29 is 19.3 Å². The molecular weight excluding hydrogens is 608 g/mol. The van der Waals surface area contributed by atoms with Gasteiger partial charge in [-0.15, -0.1) is 0 Å². The van der Waals surface area contributed by atoms with Crippen molar-refractivity contribution in [2.45, 2.75) is 51.4 Å². The fourth-order valence-electron chi connectivity index (χ4n) is 7.82. The molecule has 4 aromatic rings. The summed E-state index contributed by atoms with van der Waals surface area (Å²) in [6.07, 6.45) is 15.0. The number of rotatable bonds is 9. The van der Waals surface area contributed by atoms with Gasteiger partial charge in [-0.05, 0) is 70.3 Å². The zero-order valence-corrected chi connectivity index (χ0v) is 29.2. The number of nitrogens with two attached hydrogens (primary N) is 1. The molecule has 0 atom stereocenters. The fourth-order valence-corrected chi connectivity index (χ4v) is 7.82. The standard InChI is InChI=1S/C42H44N4O3/c1-41(2)35(45(5)33-20-18-29-16-14-27(22-31(29)39(33)41)24-37(47)44-26-43)12-10-8-7-9-11-13-36-42(3,4)40-32-23-28(25-38(48)49)15-17-30(32)19-21-34(40)46(36)6/h7-23H,24-26,43H2,1-6H3,(H-,44,47,48,49)/p+1. The van der Waals surface area contributed by atoms with Crippen LogP contribution >= 0.6 is 0 Å². The second kappa shape index (κ2) is 13.0. The molecule has 0 radical (unpaired) electrons. The van der Waals surface area contributed by atoms with E-state index in [1.165, 1.54) is 28.2 Å². The summed E-state index contributed by atoms with van der Waals surface area (Å²) in [5.41, 5.74) is 14.0. The minimum absolute atomic E-state index is 0.0110. The number of carboxylic acids is 1. The average Bonchev–Trinajstić information content (AvgIpc) is 3.37. The molecule has 4 aromatic carbocycles. The molecule has 2 aliphatic rings. The van der Waals surface area contributed by atoms with Gasteiger partial charge in [0.1, 0.15) is 7.05 Å². The molecule has 4 N–H and O–H groups in total. The van der Waals surface area contributed by atoms with E-state index in [1.54, 1.807) is 0 Å². The molecule has 0 aliphatic carbocycles. The van der Waals surface area contributed by atoms with Crippen molar-refractivity contribution in [3.8, 4) is 0 Å². The highest BCUT2D eigenvalue weighted by Gasteiger charge is 2.44. The van der Waals surface area contributed by atoms with Gasteiger partial charge in [0.15, 0.2) is 5.71 Å². The Hall–Kier alpha value is -5.27. The van der Waals surface area contributed by atoms with E-state index >= 15 is 0 Å². The van der Waals surface area contributed by atoms with Gasteiger partial charge in [-0.2, -0.15) is 4.58 Å². The molecule has 2 aliphatic heterocycles. The lowest BCUT2D eigenvalue weighted by Gasteiger charge is -2.24. The summed E-state index contributed by atoms with van der Waals surface area (Å²) in [6, 6.07) is 20.8. The maximum Gasteiger partial charge on any atom is 0.307 e. The van der Waals surface area contributed by atoms with Crippen molar-refractivity contribution in [1.29, 1.82) is 0 Å². The van der Waals surface area contributed by atoms with E-state index in [-0.39, 0.29) is 29.8 Å². The van der Waals surface area contributed by atoms with E-state index in [1.807, 2.05) is 36.4 Å². The fraction of sp³-hybridized carbons (Fsp3) is 0.262. The predicted octanol–water partition coefficient (Wildman–Crippen LogP) is 7.18. The Morgan fingerprint density at radius 2 is 1.41 bits per heavy atom. The summed E-state index contributed by atoms with van der Waals surface area (Å²) in [5, 5.41) is 16.6. The normalized spacial score (nSPS) is 17.4.